The first kappa shape index (κ1) is 15.9. The lowest BCUT2D eigenvalue weighted by molar-refractivity contribution is 0.251. The molecule has 1 aliphatic carbocycles. The lowest BCUT2D eigenvalue weighted by Gasteiger charge is -2.07. The quantitative estimate of drug-likeness (QED) is 0.680. The summed E-state index contributed by atoms with van der Waals surface area (Å²) in [4.78, 5) is 11.8. The minimum Gasteiger partial charge on any atom is -0.338 e. The average Bonchev–Trinajstić information content (AvgIpc) is 3.24. The van der Waals surface area contributed by atoms with Crippen LogP contribution in [-0.2, 0) is 7.05 Å². The third kappa shape index (κ3) is 5.40. The van der Waals surface area contributed by atoms with Crippen molar-refractivity contribution < 1.29 is 4.79 Å². The summed E-state index contributed by atoms with van der Waals surface area (Å²) < 4.78 is 1.75. The van der Waals surface area contributed by atoms with Gasteiger partial charge in [0.25, 0.3) is 0 Å². The highest BCUT2D eigenvalue weighted by atomic mass is 16.2. The molecule has 0 aliphatic heterocycles. The van der Waals surface area contributed by atoms with Crippen molar-refractivity contribution in [3.8, 4) is 0 Å². The van der Waals surface area contributed by atoms with Gasteiger partial charge in [0.2, 0.25) is 0 Å². The Morgan fingerprint density at radius 3 is 2.71 bits per heavy atom. The Morgan fingerprint density at radius 1 is 1.29 bits per heavy atom. The Labute approximate surface area is 127 Å². The molecule has 1 fully saturated rings. The van der Waals surface area contributed by atoms with E-state index in [9.17, 15) is 4.79 Å². The smallest absolute Gasteiger partial charge is 0.320 e. The number of urea groups is 1. The number of aryl methyl sites for hydroxylation is 1. The molecule has 0 atom stereocenters. The molecule has 0 bridgehead atoms. The van der Waals surface area contributed by atoms with Crippen LogP contribution >= 0.6 is 0 Å². The molecule has 0 radical (unpaired) electrons. The maximum atomic E-state index is 11.8. The van der Waals surface area contributed by atoms with Crippen LogP contribution in [-0.4, -0.2) is 22.4 Å². The number of nitrogens with one attached hydrogen (secondary N) is 2. The zero-order valence-corrected chi connectivity index (χ0v) is 13.3. The first-order valence-electron chi connectivity index (χ1n) is 8.29. The van der Waals surface area contributed by atoms with E-state index in [1.165, 1.54) is 44.9 Å². The van der Waals surface area contributed by atoms with Crippen LogP contribution in [0.15, 0.2) is 6.07 Å². The Morgan fingerprint density at radius 2 is 2.00 bits per heavy atom. The van der Waals surface area contributed by atoms with E-state index in [1.807, 2.05) is 13.1 Å². The Hall–Kier alpha value is -1.52. The summed E-state index contributed by atoms with van der Waals surface area (Å²) >= 11 is 0. The summed E-state index contributed by atoms with van der Waals surface area (Å²) in [5, 5.41) is 10.2. The number of rotatable bonds is 9. The molecule has 2 amide bonds. The van der Waals surface area contributed by atoms with Crippen molar-refractivity contribution in [1.29, 1.82) is 0 Å². The minimum atomic E-state index is -0.131. The monoisotopic (exact) mass is 292 g/mol. The molecule has 0 unspecified atom stereocenters. The number of anilines is 1. The van der Waals surface area contributed by atoms with Crippen LogP contribution in [0.2, 0.25) is 0 Å². The normalized spacial score (nSPS) is 14.2. The van der Waals surface area contributed by atoms with Gasteiger partial charge >= 0.3 is 6.03 Å². The Balaban J connectivity index is 1.60. The van der Waals surface area contributed by atoms with Crippen LogP contribution in [0.3, 0.4) is 0 Å². The molecule has 1 aromatic rings. The van der Waals surface area contributed by atoms with Gasteiger partial charge in [0.05, 0.1) is 5.69 Å². The van der Waals surface area contributed by atoms with Gasteiger partial charge in [-0.05, 0) is 19.3 Å². The minimum absolute atomic E-state index is 0.131. The second-order valence-corrected chi connectivity index (χ2v) is 6.00. The molecule has 2 rings (SSSR count). The molecule has 1 saturated carbocycles. The van der Waals surface area contributed by atoms with Crippen LogP contribution < -0.4 is 10.6 Å². The molecule has 2 N–H and O–H groups in total. The molecule has 1 heterocycles. The third-order valence-corrected chi connectivity index (χ3v) is 3.95. The molecule has 5 nitrogen and oxygen atoms in total. The van der Waals surface area contributed by atoms with E-state index in [1.54, 1.807) is 4.68 Å². The van der Waals surface area contributed by atoms with Crippen molar-refractivity contribution in [2.75, 3.05) is 11.9 Å². The van der Waals surface area contributed by atoms with E-state index in [2.05, 4.69) is 22.7 Å². The van der Waals surface area contributed by atoms with Gasteiger partial charge in [-0.3, -0.25) is 10.00 Å². The fraction of sp³-hybridized carbons (Fsp3) is 0.750. The second-order valence-electron chi connectivity index (χ2n) is 6.00. The highest BCUT2D eigenvalue weighted by molar-refractivity contribution is 5.88. The maximum Gasteiger partial charge on any atom is 0.320 e. The molecule has 0 saturated heterocycles. The van der Waals surface area contributed by atoms with Gasteiger partial charge in [0.1, 0.15) is 5.82 Å². The van der Waals surface area contributed by atoms with E-state index < -0.39 is 0 Å². The van der Waals surface area contributed by atoms with Crippen LogP contribution in [0.25, 0.3) is 0 Å². The van der Waals surface area contributed by atoms with E-state index in [4.69, 9.17) is 0 Å². The van der Waals surface area contributed by atoms with Crippen LogP contribution in [0, 0.1) is 0 Å². The van der Waals surface area contributed by atoms with Crippen molar-refractivity contribution in [1.82, 2.24) is 15.1 Å². The fourth-order valence-corrected chi connectivity index (χ4v) is 2.45. The number of hydrogen-bond acceptors (Lipinski definition) is 2. The Kier molecular flexibility index (Phi) is 6.08. The van der Waals surface area contributed by atoms with Gasteiger partial charge in [0, 0.05) is 25.6 Å². The van der Waals surface area contributed by atoms with Gasteiger partial charge in [-0.15, -0.1) is 0 Å². The summed E-state index contributed by atoms with van der Waals surface area (Å²) in [6.07, 6.45) is 9.85. The summed E-state index contributed by atoms with van der Waals surface area (Å²) in [5.41, 5.74) is 1.10. The topological polar surface area (TPSA) is 59.0 Å². The zero-order valence-electron chi connectivity index (χ0n) is 13.3. The van der Waals surface area contributed by atoms with E-state index in [-0.39, 0.29) is 6.03 Å². The second kappa shape index (κ2) is 8.05. The van der Waals surface area contributed by atoms with Gasteiger partial charge in [-0.1, -0.05) is 39.0 Å². The Bertz CT molecular complexity index is 451. The van der Waals surface area contributed by atoms with Gasteiger partial charge in [-0.25, -0.2) is 4.79 Å². The molecule has 118 valence electrons. The highest BCUT2D eigenvalue weighted by Gasteiger charge is 2.27. The van der Waals surface area contributed by atoms with Crippen LogP contribution in [0.1, 0.15) is 69.9 Å². The molecule has 1 aliphatic rings. The van der Waals surface area contributed by atoms with Gasteiger partial charge < -0.3 is 5.32 Å². The molecule has 1 aromatic heterocycles. The molecule has 5 heteroatoms. The van der Waals surface area contributed by atoms with Crippen molar-refractivity contribution in [3.63, 3.8) is 0 Å². The van der Waals surface area contributed by atoms with Gasteiger partial charge in [0.15, 0.2) is 0 Å². The number of hydrogen-bond donors (Lipinski definition) is 2. The highest BCUT2D eigenvalue weighted by Crippen LogP contribution is 2.39. The molecule has 0 aromatic carbocycles. The summed E-state index contributed by atoms with van der Waals surface area (Å²) in [6, 6.07) is 1.86. The summed E-state index contributed by atoms with van der Waals surface area (Å²) in [7, 11) is 1.87. The number of carbonyl (C=O) groups excluding carboxylic acids is 1. The summed E-state index contributed by atoms with van der Waals surface area (Å²) in [5.74, 6) is 1.38. The predicted molar refractivity (Wildman–Crippen MR) is 85.6 cm³/mol. The third-order valence-electron chi connectivity index (χ3n) is 3.95. The lowest BCUT2D eigenvalue weighted by Crippen LogP contribution is -2.30. The van der Waals surface area contributed by atoms with Crippen LogP contribution in [0.4, 0.5) is 10.6 Å². The SMILES string of the molecule is CCCCCCCCNC(=O)Nc1cc(C2CC2)nn1C. The number of nitrogens with zero attached hydrogens (tertiary/aromatic N) is 2. The van der Waals surface area contributed by atoms with Crippen molar-refractivity contribution in [2.24, 2.45) is 7.05 Å². The maximum absolute atomic E-state index is 11.8. The fourth-order valence-electron chi connectivity index (χ4n) is 2.45. The van der Waals surface area contributed by atoms with E-state index in [0.29, 0.717) is 5.92 Å². The van der Waals surface area contributed by atoms with Crippen molar-refractivity contribution in [2.45, 2.75) is 64.2 Å². The molecular weight excluding hydrogens is 264 g/mol. The molecular formula is C16H28N4O. The lowest BCUT2D eigenvalue weighted by atomic mass is 10.1. The summed E-state index contributed by atoms with van der Waals surface area (Å²) in [6.45, 7) is 2.96. The molecule has 0 spiro atoms. The van der Waals surface area contributed by atoms with Crippen LogP contribution in [0.5, 0.6) is 0 Å². The number of aromatic nitrogens is 2. The molecule has 21 heavy (non-hydrogen) atoms. The number of amides is 2. The average molecular weight is 292 g/mol. The predicted octanol–water partition coefficient (Wildman–Crippen LogP) is 3.78. The van der Waals surface area contributed by atoms with Crippen molar-refractivity contribution in [3.05, 3.63) is 11.8 Å². The van der Waals surface area contributed by atoms with Crippen molar-refractivity contribution >= 4 is 11.8 Å². The first-order valence-corrected chi connectivity index (χ1v) is 8.29. The number of unbranched alkanes of at least 4 members (excludes halogenated alkanes) is 5. The van der Waals surface area contributed by atoms with E-state index in [0.717, 1.165) is 24.5 Å². The number of carbonyl (C=O) groups is 1. The van der Waals surface area contributed by atoms with E-state index >= 15 is 0 Å². The zero-order chi connectivity index (χ0) is 15.1. The first-order chi connectivity index (χ1) is 10.2. The largest absolute Gasteiger partial charge is 0.338 e. The van der Waals surface area contributed by atoms with Gasteiger partial charge in [-0.2, -0.15) is 5.10 Å². The standard InChI is InChI=1S/C16H28N4O/c1-3-4-5-6-7-8-11-17-16(21)18-15-12-14(13-9-10-13)19-20(15)2/h12-13H,3-11H2,1-2H3,(H2,17,18,21).